The molecule has 0 bridgehead atoms. The number of nitrogens with zero attached hydrogens (tertiary/aromatic N) is 3. The summed E-state index contributed by atoms with van der Waals surface area (Å²) in [6, 6.07) is 23.0. The van der Waals surface area contributed by atoms with Gasteiger partial charge >= 0.3 is 0 Å². The average molecular weight is 543 g/mol. The number of rotatable bonds is 9. The number of anilines is 2. The molecule has 4 aromatic rings. The summed E-state index contributed by atoms with van der Waals surface area (Å²) in [7, 11) is 0. The van der Waals surface area contributed by atoms with E-state index in [0.29, 0.717) is 13.0 Å². The number of halogens is 1. The van der Waals surface area contributed by atoms with Crippen LogP contribution in [0.15, 0.2) is 72.9 Å². The number of ether oxygens (including phenoxy) is 1. The first-order chi connectivity index (χ1) is 19.1. The second-order valence-corrected chi connectivity index (χ2v) is 11.0. The van der Waals surface area contributed by atoms with Crippen LogP contribution in [0.1, 0.15) is 30.4 Å². The Balaban J connectivity index is 0.969. The number of carbonyl (C=O) groups is 1. The molecule has 0 atom stereocenters. The first-order valence-corrected chi connectivity index (χ1v) is 14.4. The van der Waals surface area contributed by atoms with Gasteiger partial charge in [0, 0.05) is 73.2 Å². The van der Waals surface area contributed by atoms with Crippen LogP contribution in [0.2, 0.25) is 5.02 Å². The topological polar surface area (TPSA) is 49.7 Å². The standard InChI is InChI=1S/C32H35ClN4O2/c33-26-6-3-5-24(21-26)23-37-15-13-28-30(7-4-8-31(28)37)36-18-16-35(17-19-36)14-1-2-20-39-27-11-9-25-10-12-32(38)34-29(25)22-27/h3-9,11,13,15,21-22H,1-2,10,12,14,16-20,23H2,(H,34,38). The molecular formula is C32H35ClN4O2. The van der Waals surface area contributed by atoms with Gasteiger partial charge in [-0.15, -0.1) is 0 Å². The Hall–Kier alpha value is -3.48. The fourth-order valence-electron chi connectivity index (χ4n) is 5.73. The molecule has 6 nitrogen and oxygen atoms in total. The molecule has 1 fully saturated rings. The predicted molar refractivity (Wildman–Crippen MR) is 159 cm³/mol. The summed E-state index contributed by atoms with van der Waals surface area (Å²) in [5, 5.41) is 5.04. The molecule has 2 aliphatic heterocycles. The highest BCUT2D eigenvalue weighted by Gasteiger charge is 2.19. The van der Waals surface area contributed by atoms with Gasteiger partial charge in [-0.1, -0.05) is 35.9 Å². The zero-order valence-electron chi connectivity index (χ0n) is 22.2. The maximum atomic E-state index is 11.7. The monoisotopic (exact) mass is 542 g/mol. The van der Waals surface area contributed by atoms with Gasteiger partial charge in [-0.05, 0) is 73.3 Å². The first kappa shape index (κ1) is 25.8. The van der Waals surface area contributed by atoms with Crippen molar-refractivity contribution < 1.29 is 9.53 Å². The number of fused-ring (bicyclic) bond motifs is 2. The van der Waals surface area contributed by atoms with E-state index in [4.69, 9.17) is 16.3 Å². The van der Waals surface area contributed by atoms with Crippen LogP contribution in [0, 0.1) is 0 Å². The normalized spacial score (nSPS) is 15.8. The minimum atomic E-state index is 0.0867. The van der Waals surface area contributed by atoms with Crippen LogP contribution >= 0.6 is 11.6 Å². The molecule has 202 valence electrons. The summed E-state index contributed by atoms with van der Waals surface area (Å²) in [6.45, 7) is 6.83. The number of amides is 1. The molecule has 1 saturated heterocycles. The van der Waals surface area contributed by atoms with Crippen LogP contribution in [0.5, 0.6) is 5.75 Å². The van der Waals surface area contributed by atoms with E-state index in [1.807, 2.05) is 30.3 Å². The summed E-state index contributed by atoms with van der Waals surface area (Å²) in [6.07, 6.45) is 5.69. The lowest BCUT2D eigenvalue weighted by molar-refractivity contribution is -0.116. The van der Waals surface area contributed by atoms with Crippen molar-refractivity contribution in [1.82, 2.24) is 9.47 Å². The van der Waals surface area contributed by atoms with Crippen molar-refractivity contribution in [1.29, 1.82) is 0 Å². The molecule has 6 rings (SSSR count). The molecule has 2 aliphatic rings. The number of nitrogens with one attached hydrogen (secondary N) is 1. The summed E-state index contributed by atoms with van der Waals surface area (Å²) < 4.78 is 8.28. The third kappa shape index (κ3) is 6.07. The molecule has 0 unspecified atom stereocenters. The highest BCUT2D eigenvalue weighted by molar-refractivity contribution is 6.30. The fraction of sp³-hybridized carbons (Fsp3) is 0.344. The molecule has 1 amide bonds. The van der Waals surface area contributed by atoms with Crippen LogP contribution in [0.3, 0.4) is 0 Å². The van der Waals surface area contributed by atoms with Gasteiger partial charge in [0.25, 0.3) is 0 Å². The Bertz CT molecular complexity index is 1460. The lowest BCUT2D eigenvalue weighted by atomic mass is 10.0. The van der Waals surface area contributed by atoms with Gasteiger partial charge < -0.3 is 19.5 Å². The van der Waals surface area contributed by atoms with Crippen molar-refractivity contribution in [2.45, 2.75) is 32.2 Å². The molecule has 1 N–H and O–H groups in total. The minimum absolute atomic E-state index is 0.0867. The zero-order valence-corrected chi connectivity index (χ0v) is 23.0. The van der Waals surface area contributed by atoms with E-state index in [-0.39, 0.29) is 5.91 Å². The van der Waals surface area contributed by atoms with E-state index in [2.05, 4.69) is 62.3 Å². The Morgan fingerprint density at radius 1 is 0.897 bits per heavy atom. The number of piperazine rings is 1. The van der Waals surface area contributed by atoms with E-state index >= 15 is 0 Å². The minimum Gasteiger partial charge on any atom is -0.494 e. The van der Waals surface area contributed by atoms with Gasteiger partial charge in [-0.3, -0.25) is 9.69 Å². The zero-order chi connectivity index (χ0) is 26.6. The van der Waals surface area contributed by atoms with Crippen LogP contribution in [-0.2, 0) is 17.8 Å². The third-order valence-corrected chi connectivity index (χ3v) is 8.09. The summed E-state index contributed by atoms with van der Waals surface area (Å²) >= 11 is 6.20. The van der Waals surface area contributed by atoms with Gasteiger partial charge in [0.2, 0.25) is 5.91 Å². The molecule has 3 heterocycles. The Morgan fingerprint density at radius 3 is 2.64 bits per heavy atom. The Kier molecular flexibility index (Phi) is 7.75. The van der Waals surface area contributed by atoms with Crippen LogP contribution in [0.4, 0.5) is 11.4 Å². The fourth-order valence-corrected chi connectivity index (χ4v) is 5.95. The number of aromatic nitrogens is 1. The second kappa shape index (κ2) is 11.7. The number of hydrogen-bond acceptors (Lipinski definition) is 4. The molecule has 0 radical (unpaired) electrons. The maximum Gasteiger partial charge on any atom is 0.224 e. The number of aryl methyl sites for hydroxylation is 1. The van der Waals surface area contributed by atoms with Crippen LogP contribution in [-0.4, -0.2) is 54.7 Å². The van der Waals surface area contributed by atoms with Gasteiger partial charge in [0.1, 0.15) is 5.75 Å². The van der Waals surface area contributed by atoms with Crippen molar-refractivity contribution in [2.24, 2.45) is 0 Å². The van der Waals surface area contributed by atoms with Gasteiger partial charge in [-0.25, -0.2) is 0 Å². The molecule has 3 aromatic carbocycles. The van der Waals surface area contributed by atoms with Gasteiger partial charge in [-0.2, -0.15) is 0 Å². The average Bonchev–Trinajstić information content (AvgIpc) is 3.36. The molecule has 39 heavy (non-hydrogen) atoms. The Morgan fingerprint density at radius 2 is 1.77 bits per heavy atom. The third-order valence-electron chi connectivity index (χ3n) is 7.86. The summed E-state index contributed by atoms with van der Waals surface area (Å²) in [4.78, 5) is 16.7. The molecule has 0 spiro atoms. The van der Waals surface area contributed by atoms with Gasteiger partial charge in [0.15, 0.2) is 0 Å². The Labute approximate surface area is 235 Å². The van der Waals surface area contributed by atoms with E-state index in [0.717, 1.165) is 75.0 Å². The quantitative estimate of drug-likeness (QED) is 0.255. The summed E-state index contributed by atoms with van der Waals surface area (Å²) in [5.74, 6) is 0.920. The van der Waals surface area contributed by atoms with E-state index in [1.165, 1.54) is 27.7 Å². The lowest BCUT2D eigenvalue weighted by Gasteiger charge is -2.36. The lowest BCUT2D eigenvalue weighted by Crippen LogP contribution is -2.46. The largest absolute Gasteiger partial charge is 0.494 e. The van der Waals surface area contributed by atoms with Crippen LogP contribution in [0.25, 0.3) is 10.9 Å². The highest BCUT2D eigenvalue weighted by atomic mass is 35.5. The van der Waals surface area contributed by atoms with E-state index in [9.17, 15) is 4.79 Å². The van der Waals surface area contributed by atoms with Crippen molar-refractivity contribution in [3.8, 4) is 5.75 Å². The first-order valence-electron chi connectivity index (χ1n) is 14.0. The predicted octanol–water partition coefficient (Wildman–Crippen LogP) is 6.21. The number of unbranched alkanes of at least 4 members (excludes halogenated alkanes) is 1. The molecule has 0 aliphatic carbocycles. The number of benzene rings is 3. The van der Waals surface area contributed by atoms with Crippen LogP contribution < -0.4 is 15.0 Å². The maximum absolute atomic E-state index is 11.7. The molecule has 7 heteroatoms. The summed E-state index contributed by atoms with van der Waals surface area (Å²) in [5.41, 5.74) is 5.88. The van der Waals surface area contributed by atoms with Crippen molar-refractivity contribution in [3.05, 3.63) is 89.1 Å². The molecule has 0 saturated carbocycles. The smallest absolute Gasteiger partial charge is 0.224 e. The van der Waals surface area contributed by atoms with Crippen molar-refractivity contribution in [2.75, 3.05) is 49.5 Å². The van der Waals surface area contributed by atoms with Crippen molar-refractivity contribution >= 4 is 39.8 Å². The van der Waals surface area contributed by atoms with E-state index < -0.39 is 0 Å². The number of hydrogen-bond donors (Lipinski definition) is 1. The highest BCUT2D eigenvalue weighted by Crippen LogP contribution is 2.30. The SMILES string of the molecule is O=C1CCc2ccc(OCCCCN3CCN(c4cccc5c4ccn5Cc4cccc(Cl)c4)CC3)cc2N1. The van der Waals surface area contributed by atoms with Crippen molar-refractivity contribution in [3.63, 3.8) is 0 Å². The van der Waals surface area contributed by atoms with E-state index in [1.54, 1.807) is 0 Å². The molecule has 1 aromatic heterocycles. The van der Waals surface area contributed by atoms with Gasteiger partial charge in [0.05, 0.1) is 12.1 Å². The number of carbonyl (C=O) groups excluding carboxylic acids is 1. The molecular weight excluding hydrogens is 508 g/mol. The second-order valence-electron chi connectivity index (χ2n) is 10.5.